The van der Waals surface area contributed by atoms with Gasteiger partial charge in [-0.15, -0.1) is 0 Å². The second-order valence-electron chi connectivity index (χ2n) is 3.99. The first-order chi connectivity index (χ1) is 7.89. The van der Waals surface area contributed by atoms with Crippen molar-refractivity contribution in [2.75, 3.05) is 12.3 Å². The molecule has 1 aromatic rings. The average Bonchev–Trinajstić information content (AvgIpc) is 2.24. The van der Waals surface area contributed by atoms with Crippen LogP contribution in [0.3, 0.4) is 0 Å². The average molecular weight is 258 g/mol. The number of aryl methyl sites for hydroxylation is 1. The van der Waals surface area contributed by atoms with Crippen molar-refractivity contribution in [3.05, 3.63) is 23.8 Å². The normalized spacial score (nSPS) is 13.6. The molecule has 1 atom stereocenters. The van der Waals surface area contributed by atoms with Crippen molar-refractivity contribution in [2.24, 2.45) is 0 Å². The third kappa shape index (κ3) is 3.69. The Morgan fingerprint density at radius 1 is 1.41 bits per heavy atom. The van der Waals surface area contributed by atoms with Crippen LogP contribution in [0.25, 0.3) is 0 Å². The summed E-state index contributed by atoms with van der Waals surface area (Å²) in [6.45, 7) is 3.35. The van der Waals surface area contributed by atoms with Crippen LogP contribution in [-0.2, 0) is 10.0 Å². The number of nitrogens with one attached hydrogen (secondary N) is 1. The number of sulfonamides is 1. The number of hydrogen-bond donors (Lipinski definition) is 3. The number of nitrogen functional groups attached to an aromatic ring is 1. The molecule has 0 heterocycles. The van der Waals surface area contributed by atoms with E-state index >= 15 is 0 Å². The van der Waals surface area contributed by atoms with E-state index in [0.717, 1.165) is 5.56 Å². The molecule has 0 aliphatic rings. The fourth-order valence-electron chi connectivity index (χ4n) is 1.47. The molecule has 1 aromatic carbocycles. The summed E-state index contributed by atoms with van der Waals surface area (Å²) < 4.78 is 26.4. The van der Waals surface area contributed by atoms with Crippen molar-refractivity contribution >= 4 is 15.7 Å². The Morgan fingerprint density at radius 2 is 2.06 bits per heavy atom. The highest BCUT2D eigenvalue weighted by Crippen LogP contribution is 2.16. The van der Waals surface area contributed by atoms with E-state index in [9.17, 15) is 8.42 Å². The molecule has 1 unspecified atom stereocenters. The largest absolute Gasteiger partial charge is 0.399 e. The Kier molecular flexibility index (Phi) is 4.50. The minimum Gasteiger partial charge on any atom is -0.399 e. The van der Waals surface area contributed by atoms with Gasteiger partial charge in [0.15, 0.2) is 0 Å². The molecule has 4 N–H and O–H groups in total. The Morgan fingerprint density at radius 3 is 2.53 bits per heavy atom. The van der Waals surface area contributed by atoms with Crippen molar-refractivity contribution < 1.29 is 13.5 Å². The highest BCUT2D eigenvalue weighted by atomic mass is 32.2. The number of aliphatic hydroxyl groups excluding tert-OH is 1. The molecule has 0 fully saturated rings. The van der Waals surface area contributed by atoms with Crippen molar-refractivity contribution in [3.8, 4) is 0 Å². The van der Waals surface area contributed by atoms with Crippen molar-refractivity contribution in [3.63, 3.8) is 0 Å². The maximum atomic E-state index is 12.0. The van der Waals surface area contributed by atoms with Crippen LogP contribution in [0.5, 0.6) is 0 Å². The molecule has 6 heteroatoms. The maximum absolute atomic E-state index is 12.0. The lowest BCUT2D eigenvalue weighted by molar-refractivity contribution is 0.254. The van der Waals surface area contributed by atoms with E-state index in [1.165, 1.54) is 6.07 Å². The molecule has 17 heavy (non-hydrogen) atoms. The molecule has 0 aliphatic carbocycles. The molecule has 1 rings (SSSR count). The summed E-state index contributed by atoms with van der Waals surface area (Å²) in [4.78, 5) is 0.127. The molecule has 0 spiro atoms. The van der Waals surface area contributed by atoms with Gasteiger partial charge in [0.1, 0.15) is 0 Å². The van der Waals surface area contributed by atoms with E-state index in [1.54, 1.807) is 26.0 Å². The summed E-state index contributed by atoms with van der Waals surface area (Å²) in [5.74, 6) is 0. The van der Waals surface area contributed by atoms with Gasteiger partial charge in [0.2, 0.25) is 10.0 Å². The summed E-state index contributed by atoms with van der Waals surface area (Å²) in [7, 11) is -3.62. The van der Waals surface area contributed by atoms with Crippen LogP contribution in [0, 0.1) is 6.92 Å². The highest BCUT2D eigenvalue weighted by Gasteiger charge is 2.18. The molecule has 0 aliphatic heterocycles. The van der Waals surface area contributed by atoms with Crippen LogP contribution < -0.4 is 10.5 Å². The van der Waals surface area contributed by atoms with Crippen LogP contribution >= 0.6 is 0 Å². The minimum atomic E-state index is -3.62. The number of anilines is 1. The van der Waals surface area contributed by atoms with Gasteiger partial charge in [0, 0.05) is 11.7 Å². The topological polar surface area (TPSA) is 92.4 Å². The minimum absolute atomic E-state index is 0.127. The molecule has 0 bridgehead atoms. The van der Waals surface area contributed by atoms with Crippen LogP contribution in [0.2, 0.25) is 0 Å². The van der Waals surface area contributed by atoms with Gasteiger partial charge in [0.05, 0.1) is 11.5 Å². The number of rotatable bonds is 5. The summed E-state index contributed by atoms with van der Waals surface area (Å²) in [5, 5.41) is 8.99. The van der Waals surface area contributed by atoms with Gasteiger partial charge in [-0.2, -0.15) is 0 Å². The van der Waals surface area contributed by atoms with Gasteiger partial charge in [-0.25, -0.2) is 13.1 Å². The van der Waals surface area contributed by atoms with Crippen molar-refractivity contribution in [2.45, 2.75) is 31.2 Å². The van der Waals surface area contributed by atoms with Crippen molar-refractivity contribution in [1.29, 1.82) is 0 Å². The number of hydrogen-bond acceptors (Lipinski definition) is 4. The molecule has 96 valence electrons. The van der Waals surface area contributed by atoms with Gasteiger partial charge < -0.3 is 10.8 Å². The Balaban J connectivity index is 3.04. The molecule has 5 nitrogen and oxygen atoms in total. The first-order valence-electron chi connectivity index (χ1n) is 5.39. The zero-order valence-corrected chi connectivity index (χ0v) is 10.8. The number of aliphatic hydroxyl groups is 1. The Bertz CT molecular complexity index is 461. The van der Waals surface area contributed by atoms with Gasteiger partial charge in [-0.1, -0.05) is 6.92 Å². The zero-order valence-electron chi connectivity index (χ0n) is 9.97. The SMILES string of the molecule is CCC(CO)NS(=O)(=O)c1cc(C)cc(N)c1. The third-order valence-corrected chi connectivity index (χ3v) is 3.92. The predicted octanol–water partition coefficient (Wildman–Crippen LogP) is 0.626. The lowest BCUT2D eigenvalue weighted by atomic mass is 10.2. The monoisotopic (exact) mass is 258 g/mol. The van der Waals surface area contributed by atoms with E-state index in [1.807, 2.05) is 0 Å². The van der Waals surface area contributed by atoms with Gasteiger partial charge in [-0.05, 0) is 37.1 Å². The van der Waals surface area contributed by atoms with Gasteiger partial charge in [-0.3, -0.25) is 0 Å². The Labute approximate surface area is 102 Å². The summed E-state index contributed by atoms with van der Waals surface area (Å²) in [6.07, 6.45) is 0.525. The molecule has 0 aromatic heterocycles. The second-order valence-corrected chi connectivity index (χ2v) is 5.70. The lowest BCUT2D eigenvalue weighted by Crippen LogP contribution is -2.36. The molecule has 0 radical (unpaired) electrons. The molecular weight excluding hydrogens is 240 g/mol. The summed E-state index contributed by atoms with van der Waals surface area (Å²) in [6, 6.07) is 4.17. The van der Waals surface area contributed by atoms with E-state index in [2.05, 4.69) is 4.72 Å². The first kappa shape index (κ1) is 14.0. The lowest BCUT2D eigenvalue weighted by Gasteiger charge is -2.15. The summed E-state index contributed by atoms with van der Waals surface area (Å²) >= 11 is 0. The zero-order chi connectivity index (χ0) is 13.1. The molecule has 0 saturated heterocycles. The maximum Gasteiger partial charge on any atom is 0.240 e. The van der Waals surface area contributed by atoms with E-state index in [-0.39, 0.29) is 11.5 Å². The van der Waals surface area contributed by atoms with E-state index < -0.39 is 16.1 Å². The number of nitrogens with two attached hydrogens (primary N) is 1. The molecular formula is C11H18N2O3S. The smallest absolute Gasteiger partial charge is 0.240 e. The molecule has 0 amide bonds. The Hall–Kier alpha value is -1.11. The fourth-order valence-corrected chi connectivity index (χ4v) is 2.92. The predicted molar refractivity (Wildman–Crippen MR) is 67.1 cm³/mol. The van der Waals surface area contributed by atoms with Gasteiger partial charge in [0.25, 0.3) is 0 Å². The van der Waals surface area contributed by atoms with Gasteiger partial charge >= 0.3 is 0 Å². The fraction of sp³-hybridized carbons (Fsp3) is 0.455. The quantitative estimate of drug-likeness (QED) is 0.675. The van der Waals surface area contributed by atoms with Crippen LogP contribution in [-0.4, -0.2) is 26.2 Å². The molecule has 0 saturated carbocycles. The van der Waals surface area contributed by atoms with Crippen LogP contribution in [0.1, 0.15) is 18.9 Å². The second kappa shape index (κ2) is 5.48. The first-order valence-corrected chi connectivity index (χ1v) is 6.87. The standard InChI is InChI=1S/C11H18N2O3S/c1-3-10(7-14)13-17(15,16)11-5-8(2)4-9(12)6-11/h4-6,10,13-14H,3,7,12H2,1-2H3. The van der Waals surface area contributed by atoms with Crippen LogP contribution in [0.15, 0.2) is 23.1 Å². The van der Waals surface area contributed by atoms with Crippen molar-refractivity contribution in [1.82, 2.24) is 4.72 Å². The van der Waals surface area contributed by atoms with Crippen LogP contribution in [0.4, 0.5) is 5.69 Å². The summed E-state index contributed by atoms with van der Waals surface area (Å²) in [5.41, 5.74) is 6.80. The van der Waals surface area contributed by atoms with E-state index in [0.29, 0.717) is 12.1 Å². The van der Waals surface area contributed by atoms with E-state index in [4.69, 9.17) is 10.8 Å². The highest BCUT2D eigenvalue weighted by molar-refractivity contribution is 7.89. The number of benzene rings is 1. The third-order valence-electron chi connectivity index (χ3n) is 2.42.